The summed E-state index contributed by atoms with van der Waals surface area (Å²) in [4.78, 5) is 52.7. The number of hydrogen-bond donors (Lipinski definition) is 1. The van der Waals surface area contributed by atoms with Crippen LogP contribution in [0.1, 0.15) is 20.3 Å². The van der Waals surface area contributed by atoms with Gasteiger partial charge in [0.25, 0.3) is 5.91 Å². The van der Waals surface area contributed by atoms with E-state index < -0.39 is 36.4 Å². The number of para-hydroxylation sites is 1. The van der Waals surface area contributed by atoms with E-state index in [9.17, 15) is 19.2 Å². The molecule has 0 spiro atoms. The lowest BCUT2D eigenvalue weighted by atomic mass is 9.85. The Morgan fingerprint density at radius 2 is 1.50 bits per heavy atom. The summed E-state index contributed by atoms with van der Waals surface area (Å²) in [5.41, 5.74) is 0.512. The Morgan fingerprint density at radius 1 is 0.917 bits per heavy atom. The van der Waals surface area contributed by atoms with Crippen LogP contribution in [0, 0.1) is 29.6 Å². The van der Waals surface area contributed by atoms with Gasteiger partial charge in [0.1, 0.15) is 17.5 Å². The molecule has 2 aromatic rings. The Balaban J connectivity index is 1.17. The van der Waals surface area contributed by atoms with Crippen molar-refractivity contribution >= 4 is 29.4 Å². The highest BCUT2D eigenvalue weighted by molar-refractivity contribution is 6.09. The van der Waals surface area contributed by atoms with Crippen LogP contribution in [0.3, 0.4) is 0 Å². The summed E-state index contributed by atoms with van der Waals surface area (Å²) in [6.45, 7) is 2.99. The fourth-order valence-electron chi connectivity index (χ4n) is 5.53. The molecule has 2 aliphatic carbocycles. The van der Waals surface area contributed by atoms with Gasteiger partial charge < -0.3 is 14.8 Å². The van der Waals surface area contributed by atoms with Crippen molar-refractivity contribution in [3.8, 4) is 11.5 Å². The first kappa shape index (κ1) is 23.8. The van der Waals surface area contributed by atoms with E-state index in [0.29, 0.717) is 17.2 Å². The SMILES string of the molecule is CC(C)[C@H](C(=O)OCC(=O)Nc1ccc(Oc2ccccc2)cc1)N1C(=O)[C@H]2[C@H](C1=O)[C@H]1C=C[C@H]2C1. The molecule has 3 amide bonds. The number of allylic oxidation sites excluding steroid dienone is 2. The zero-order valence-electron chi connectivity index (χ0n) is 20.1. The maximum absolute atomic E-state index is 13.1. The van der Waals surface area contributed by atoms with Gasteiger partial charge in [0.15, 0.2) is 6.61 Å². The van der Waals surface area contributed by atoms with Crippen LogP contribution in [-0.4, -0.2) is 41.2 Å². The number of nitrogens with zero attached hydrogens (tertiary/aromatic N) is 1. The van der Waals surface area contributed by atoms with Gasteiger partial charge >= 0.3 is 5.97 Å². The Hall–Kier alpha value is -3.94. The molecule has 1 heterocycles. The number of nitrogens with one attached hydrogen (secondary N) is 1. The molecule has 0 radical (unpaired) electrons. The molecule has 1 saturated carbocycles. The normalized spacial score (nSPS) is 24.7. The topological polar surface area (TPSA) is 102 Å². The lowest BCUT2D eigenvalue weighted by Crippen LogP contribution is -2.50. The van der Waals surface area contributed by atoms with Gasteiger partial charge in [0, 0.05) is 5.69 Å². The predicted octanol–water partition coefficient (Wildman–Crippen LogP) is 3.79. The smallest absolute Gasteiger partial charge is 0.330 e. The average molecular weight is 489 g/mol. The first-order valence-corrected chi connectivity index (χ1v) is 12.2. The van der Waals surface area contributed by atoms with Gasteiger partial charge in [-0.05, 0) is 60.6 Å². The van der Waals surface area contributed by atoms with Crippen molar-refractivity contribution in [3.05, 3.63) is 66.7 Å². The molecule has 2 fully saturated rings. The largest absolute Gasteiger partial charge is 0.457 e. The molecule has 5 rings (SSSR count). The number of carbonyl (C=O) groups excluding carboxylic acids is 4. The second-order valence-electron chi connectivity index (χ2n) is 9.83. The number of esters is 1. The van der Waals surface area contributed by atoms with Gasteiger partial charge in [-0.2, -0.15) is 0 Å². The molecule has 36 heavy (non-hydrogen) atoms. The Labute approximate surface area is 209 Å². The number of imide groups is 1. The first-order chi connectivity index (χ1) is 17.3. The summed E-state index contributed by atoms with van der Waals surface area (Å²) in [5.74, 6) is -1.61. The predicted molar refractivity (Wildman–Crippen MR) is 131 cm³/mol. The average Bonchev–Trinajstić information content (AvgIpc) is 3.55. The Kier molecular flexibility index (Phi) is 6.35. The van der Waals surface area contributed by atoms with E-state index in [2.05, 4.69) is 5.32 Å². The fourth-order valence-corrected chi connectivity index (χ4v) is 5.53. The highest BCUT2D eigenvalue weighted by Crippen LogP contribution is 2.53. The van der Waals surface area contributed by atoms with Gasteiger partial charge in [-0.3, -0.25) is 19.3 Å². The van der Waals surface area contributed by atoms with Crippen molar-refractivity contribution < 1.29 is 28.7 Å². The molecule has 8 heteroatoms. The van der Waals surface area contributed by atoms with Crippen molar-refractivity contribution in [2.75, 3.05) is 11.9 Å². The number of likely N-dealkylation sites (tertiary alicyclic amines) is 1. The molecule has 0 unspecified atom stereocenters. The number of hydrogen-bond acceptors (Lipinski definition) is 6. The highest BCUT2D eigenvalue weighted by atomic mass is 16.5. The molecular formula is C28H28N2O6. The minimum Gasteiger partial charge on any atom is -0.457 e. The number of rotatable bonds is 8. The molecule has 2 bridgehead atoms. The second-order valence-corrected chi connectivity index (χ2v) is 9.83. The van der Waals surface area contributed by atoms with Gasteiger partial charge in [0.2, 0.25) is 11.8 Å². The van der Waals surface area contributed by atoms with Crippen LogP contribution in [0.4, 0.5) is 5.69 Å². The molecule has 1 aliphatic heterocycles. The molecule has 2 aromatic carbocycles. The number of carbonyl (C=O) groups is 4. The molecule has 3 aliphatic rings. The van der Waals surface area contributed by atoms with E-state index in [1.165, 1.54) is 0 Å². The van der Waals surface area contributed by atoms with Crippen LogP contribution in [0.5, 0.6) is 11.5 Å². The van der Waals surface area contributed by atoms with Crippen LogP contribution in [0.15, 0.2) is 66.7 Å². The number of benzene rings is 2. The molecule has 1 N–H and O–H groups in total. The third kappa shape index (κ3) is 4.39. The van der Waals surface area contributed by atoms with E-state index in [4.69, 9.17) is 9.47 Å². The number of fused-ring (bicyclic) bond motifs is 5. The third-order valence-electron chi connectivity index (χ3n) is 7.12. The van der Waals surface area contributed by atoms with Gasteiger partial charge in [-0.15, -0.1) is 0 Å². The molecule has 0 aromatic heterocycles. The van der Waals surface area contributed by atoms with Crippen molar-refractivity contribution in [2.24, 2.45) is 29.6 Å². The summed E-state index contributed by atoms with van der Waals surface area (Å²) in [5, 5.41) is 2.67. The van der Waals surface area contributed by atoms with Gasteiger partial charge in [-0.1, -0.05) is 44.2 Å². The number of anilines is 1. The number of amides is 3. The van der Waals surface area contributed by atoms with Crippen LogP contribution in [0.2, 0.25) is 0 Å². The Bertz CT molecular complexity index is 1180. The summed E-state index contributed by atoms with van der Waals surface area (Å²) in [7, 11) is 0. The highest BCUT2D eigenvalue weighted by Gasteiger charge is 2.61. The summed E-state index contributed by atoms with van der Waals surface area (Å²) < 4.78 is 11.0. The maximum Gasteiger partial charge on any atom is 0.330 e. The third-order valence-corrected chi connectivity index (χ3v) is 7.12. The van der Waals surface area contributed by atoms with E-state index >= 15 is 0 Å². The zero-order chi connectivity index (χ0) is 25.4. The fraction of sp³-hybridized carbons (Fsp3) is 0.357. The van der Waals surface area contributed by atoms with Crippen molar-refractivity contribution in [1.82, 2.24) is 4.90 Å². The lowest BCUT2D eigenvalue weighted by molar-refractivity contribution is -0.162. The van der Waals surface area contributed by atoms with E-state index in [0.717, 1.165) is 11.3 Å². The molecule has 1 saturated heterocycles. The molecule has 8 nitrogen and oxygen atoms in total. The summed E-state index contributed by atoms with van der Waals surface area (Å²) in [6.07, 6.45) is 4.83. The minimum atomic E-state index is -1.06. The van der Waals surface area contributed by atoms with Crippen molar-refractivity contribution in [2.45, 2.75) is 26.3 Å². The number of ether oxygens (including phenoxy) is 2. The minimum absolute atomic E-state index is 0.0561. The van der Waals surface area contributed by atoms with Gasteiger partial charge in [-0.25, -0.2) is 4.79 Å². The second kappa shape index (κ2) is 9.60. The lowest BCUT2D eigenvalue weighted by Gasteiger charge is -2.28. The molecule has 5 atom stereocenters. The van der Waals surface area contributed by atoms with Crippen molar-refractivity contribution in [1.29, 1.82) is 0 Å². The molecular weight excluding hydrogens is 460 g/mol. The molecule has 186 valence electrons. The zero-order valence-corrected chi connectivity index (χ0v) is 20.1. The van der Waals surface area contributed by atoms with Crippen LogP contribution in [-0.2, 0) is 23.9 Å². The van der Waals surface area contributed by atoms with Crippen LogP contribution in [0.25, 0.3) is 0 Å². The summed E-state index contributed by atoms with van der Waals surface area (Å²) >= 11 is 0. The van der Waals surface area contributed by atoms with E-state index in [-0.39, 0.29) is 29.6 Å². The first-order valence-electron chi connectivity index (χ1n) is 12.2. The van der Waals surface area contributed by atoms with Crippen molar-refractivity contribution in [3.63, 3.8) is 0 Å². The standard InChI is InChI=1S/C28H28N2O6/c1-16(2)25(30-26(32)23-17-8-9-18(14-17)24(23)27(30)33)28(34)35-15-22(31)29-19-10-12-21(13-11-19)36-20-6-4-3-5-7-20/h3-13,16-18,23-25H,14-15H2,1-2H3,(H,29,31)/t17-,18-,23+,24+,25+/m0/s1. The van der Waals surface area contributed by atoms with E-state index in [1.807, 2.05) is 42.5 Å². The van der Waals surface area contributed by atoms with Crippen LogP contribution < -0.4 is 10.1 Å². The van der Waals surface area contributed by atoms with Gasteiger partial charge in [0.05, 0.1) is 11.8 Å². The quantitative estimate of drug-likeness (QED) is 0.345. The van der Waals surface area contributed by atoms with Crippen LogP contribution >= 0.6 is 0 Å². The summed E-state index contributed by atoms with van der Waals surface area (Å²) in [6, 6.07) is 15.0. The monoisotopic (exact) mass is 488 g/mol. The Morgan fingerprint density at radius 3 is 2.08 bits per heavy atom. The van der Waals surface area contributed by atoms with E-state index in [1.54, 1.807) is 38.1 Å². The maximum atomic E-state index is 13.1.